The molecular weight excluding hydrogens is 554 g/mol. The first-order chi connectivity index (χ1) is 21.5. The number of nitrogens with one attached hydrogen (secondary N) is 1. The van der Waals surface area contributed by atoms with Crippen LogP contribution in [-0.2, 0) is 24.3 Å². The van der Waals surface area contributed by atoms with Crippen LogP contribution in [0.2, 0.25) is 0 Å². The van der Waals surface area contributed by atoms with Crippen molar-refractivity contribution in [2.75, 3.05) is 45.9 Å². The number of fused-ring (bicyclic) bond motifs is 5. The highest BCUT2D eigenvalue weighted by Gasteiger charge is 2.22. The van der Waals surface area contributed by atoms with Crippen LogP contribution in [0.25, 0.3) is 11.4 Å². The number of amides is 2. The molecule has 6 rings (SSSR count). The molecule has 0 saturated carbocycles. The zero-order valence-corrected chi connectivity index (χ0v) is 25.5. The molecular formula is C34H41N7O3. The summed E-state index contributed by atoms with van der Waals surface area (Å²) < 4.78 is 8.26. The Kier molecular flexibility index (Phi) is 9.36. The topological polar surface area (TPSA) is 99.6 Å². The van der Waals surface area contributed by atoms with Gasteiger partial charge >= 0.3 is 0 Å². The minimum Gasteiger partial charge on any atom is -0.492 e. The number of carbonyl (C=O) groups excluding carboxylic acids is 2. The Morgan fingerprint density at radius 1 is 0.886 bits per heavy atom. The van der Waals surface area contributed by atoms with Crippen LogP contribution in [0.4, 0.5) is 0 Å². The number of rotatable bonds is 3. The first-order valence-corrected chi connectivity index (χ1v) is 15.7. The molecule has 0 aliphatic carbocycles. The lowest BCUT2D eigenvalue weighted by Gasteiger charge is -2.31. The van der Waals surface area contributed by atoms with Gasteiger partial charge in [-0.25, -0.2) is 9.97 Å². The Morgan fingerprint density at radius 2 is 1.70 bits per heavy atom. The molecule has 2 aromatic carbocycles. The third-order valence-corrected chi connectivity index (χ3v) is 8.51. The van der Waals surface area contributed by atoms with E-state index in [0.717, 1.165) is 62.5 Å². The van der Waals surface area contributed by atoms with Crippen molar-refractivity contribution in [1.29, 1.82) is 0 Å². The van der Waals surface area contributed by atoms with Crippen molar-refractivity contribution in [2.45, 2.75) is 45.7 Å². The van der Waals surface area contributed by atoms with Crippen LogP contribution < -0.4 is 4.74 Å². The second-order valence-corrected chi connectivity index (χ2v) is 11.7. The molecule has 4 heterocycles. The number of hydrogen-bond donors (Lipinski definition) is 1. The van der Waals surface area contributed by atoms with Gasteiger partial charge in [-0.3, -0.25) is 14.5 Å². The van der Waals surface area contributed by atoms with Gasteiger partial charge in [0, 0.05) is 57.2 Å². The average Bonchev–Trinajstić information content (AvgIpc) is 3.69. The highest BCUT2D eigenvalue weighted by molar-refractivity contribution is 5.92. The molecule has 0 fully saturated rings. The number of imidazole rings is 2. The van der Waals surface area contributed by atoms with Gasteiger partial charge in [0.05, 0.1) is 19.3 Å². The minimum atomic E-state index is -0.0961. The first kappa shape index (κ1) is 29.6. The van der Waals surface area contributed by atoms with Crippen molar-refractivity contribution in [1.82, 2.24) is 34.2 Å². The van der Waals surface area contributed by atoms with Crippen LogP contribution in [0.15, 0.2) is 67.1 Å². The highest BCUT2D eigenvalue weighted by atomic mass is 16.5. The van der Waals surface area contributed by atoms with Crippen molar-refractivity contribution < 1.29 is 14.3 Å². The van der Waals surface area contributed by atoms with E-state index in [1.165, 1.54) is 11.1 Å². The summed E-state index contributed by atoms with van der Waals surface area (Å²) in [5, 5.41) is 0. The molecule has 44 heavy (non-hydrogen) atoms. The van der Waals surface area contributed by atoms with Crippen LogP contribution in [0, 0.1) is 6.92 Å². The van der Waals surface area contributed by atoms with Crippen molar-refractivity contribution >= 4 is 11.8 Å². The third-order valence-electron chi connectivity index (χ3n) is 8.51. The van der Waals surface area contributed by atoms with E-state index in [9.17, 15) is 9.59 Å². The van der Waals surface area contributed by atoms with Crippen LogP contribution in [0.5, 0.6) is 5.75 Å². The first-order valence-electron chi connectivity index (χ1n) is 15.7. The fraction of sp³-hybridized carbons (Fsp3) is 0.412. The highest BCUT2D eigenvalue weighted by Crippen LogP contribution is 2.24. The Bertz CT molecular complexity index is 1580. The summed E-state index contributed by atoms with van der Waals surface area (Å²) in [5.74, 6) is 2.38. The SMILES string of the molecule is Cc1ncc(C(=O)N2CCCCN(C(=O)CN3CCc4ccccc4C3)CCCn3ccnc3-c3cccc(c3)OCC2)[nH]1. The number of carbonyl (C=O) groups is 2. The maximum atomic E-state index is 13.7. The average molecular weight is 596 g/mol. The Labute approximate surface area is 258 Å². The van der Waals surface area contributed by atoms with Gasteiger partial charge in [0.1, 0.15) is 29.7 Å². The molecule has 0 spiro atoms. The van der Waals surface area contributed by atoms with Crippen LogP contribution in [0.1, 0.15) is 46.7 Å². The second-order valence-electron chi connectivity index (χ2n) is 11.7. The number of benzene rings is 2. The van der Waals surface area contributed by atoms with Gasteiger partial charge in [0.25, 0.3) is 5.91 Å². The Morgan fingerprint density at radius 3 is 2.55 bits per heavy atom. The molecule has 10 nitrogen and oxygen atoms in total. The van der Waals surface area contributed by atoms with Crippen molar-refractivity contribution in [3.8, 4) is 17.1 Å². The number of aromatic nitrogens is 4. The number of H-pyrrole nitrogens is 1. The molecule has 2 aliphatic heterocycles. The van der Waals surface area contributed by atoms with Gasteiger partial charge in [-0.1, -0.05) is 36.4 Å². The number of aryl methyl sites for hydroxylation is 2. The molecule has 2 aromatic heterocycles. The van der Waals surface area contributed by atoms with Crippen LogP contribution in [-0.4, -0.2) is 91.9 Å². The maximum absolute atomic E-state index is 13.7. The van der Waals surface area contributed by atoms with E-state index in [0.29, 0.717) is 50.8 Å². The van der Waals surface area contributed by atoms with Gasteiger partial charge in [-0.15, -0.1) is 0 Å². The van der Waals surface area contributed by atoms with Crippen molar-refractivity contribution in [3.63, 3.8) is 0 Å². The van der Waals surface area contributed by atoms with E-state index in [1.807, 2.05) is 53.4 Å². The number of ether oxygens (including phenoxy) is 1. The lowest BCUT2D eigenvalue weighted by Crippen LogP contribution is -2.43. The summed E-state index contributed by atoms with van der Waals surface area (Å²) in [6, 6.07) is 16.4. The van der Waals surface area contributed by atoms with Crippen LogP contribution >= 0.6 is 0 Å². The van der Waals surface area contributed by atoms with E-state index >= 15 is 0 Å². The summed E-state index contributed by atoms with van der Waals surface area (Å²) in [6.45, 7) is 7.40. The quantitative estimate of drug-likeness (QED) is 0.382. The lowest BCUT2D eigenvalue weighted by molar-refractivity contribution is -0.132. The van der Waals surface area contributed by atoms with Crippen LogP contribution in [0.3, 0.4) is 0 Å². The van der Waals surface area contributed by atoms with E-state index in [4.69, 9.17) is 4.74 Å². The molecule has 230 valence electrons. The Balaban J connectivity index is 1.18. The third kappa shape index (κ3) is 7.19. The molecule has 0 radical (unpaired) electrons. The molecule has 4 aromatic rings. The van der Waals surface area contributed by atoms with E-state index < -0.39 is 0 Å². The zero-order chi connectivity index (χ0) is 30.3. The standard InChI is InChI=1S/C34H41N7O3/c1-26-36-23-31(37-26)34(43)41-15-5-4-14-39(32(42)25-38-18-12-27-8-2-3-9-29(27)24-38)16-7-17-40-19-13-35-33(40)28-10-6-11-30(22-28)44-21-20-41/h2-3,6,8-11,13,19,22-23H,4-5,7,12,14-18,20-21,24-25H2,1H3,(H,36,37). The minimum absolute atomic E-state index is 0.0961. The summed E-state index contributed by atoms with van der Waals surface area (Å²) >= 11 is 0. The normalized spacial score (nSPS) is 16.8. The lowest BCUT2D eigenvalue weighted by atomic mass is 10.00. The predicted octanol–water partition coefficient (Wildman–Crippen LogP) is 4.17. The predicted molar refractivity (Wildman–Crippen MR) is 168 cm³/mol. The zero-order valence-electron chi connectivity index (χ0n) is 25.5. The monoisotopic (exact) mass is 595 g/mol. The summed E-state index contributed by atoms with van der Waals surface area (Å²) in [4.78, 5) is 45.1. The number of aromatic amines is 1. The molecule has 0 saturated heterocycles. The summed E-state index contributed by atoms with van der Waals surface area (Å²) in [7, 11) is 0. The summed E-state index contributed by atoms with van der Waals surface area (Å²) in [5.41, 5.74) is 4.14. The van der Waals surface area contributed by atoms with Crippen molar-refractivity contribution in [2.24, 2.45) is 0 Å². The molecule has 2 bridgehead atoms. The van der Waals surface area contributed by atoms with Gasteiger partial charge in [-0.05, 0) is 55.9 Å². The van der Waals surface area contributed by atoms with Gasteiger partial charge < -0.3 is 24.1 Å². The Hall–Kier alpha value is -4.44. The fourth-order valence-corrected chi connectivity index (χ4v) is 6.14. The molecule has 10 heteroatoms. The number of hydrogen-bond acceptors (Lipinski definition) is 6. The largest absolute Gasteiger partial charge is 0.492 e. The van der Waals surface area contributed by atoms with E-state index in [1.54, 1.807) is 6.20 Å². The molecule has 0 unspecified atom stereocenters. The molecule has 2 amide bonds. The van der Waals surface area contributed by atoms with Crippen molar-refractivity contribution in [3.05, 3.63) is 89.8 Å². The molecule has 0 atom stereocenters. The maximum Gasteiger partial charge on any atom is 0.272 e. The summed E-state index contributed by atoms with van der Waals surface area (Å²) in [6.07, 6.45) is 8.77. The van der Waals surface area contributed by atoms with Gasteiger partial charge in [0.2, 0.25) is 5.91 Å². The molecule has 2 aliphatic rings. The van der Waals surface area contributed by atoms with E-state index in [2.05, 4.69) is 48.7 Å². The smallest absolute Gasteiger partial charge is 0.272 e. The fourth-order valence-electron chi connectivity index (χ4n) is 6.14. The number of nitrogens with zero attached hydrogens (tertiary/aromatic N) is 6. The van der Waals surface area contributed by atoms with E-state index in [-0.39, 0.29) is 11.8 Å². The van der Waals surface area contributed by atoms with Gasteiger partial charge in [-0.2, -0.15) is 0 Å². The van der Waals surface area contributed by atoms with Gasteiger partial charge in [0.15, 0.2) is 0 Å². The molecule has 1 N–H and O–H groups in total. The second kappa shape index (κ2) is 13.9.